The van der Waals surface area contributed by atoms with Crippen LogP contribution >= 0.6 is 68.9 Å². The Balaban J connectivity index is 0.972. The number of hydrogen-bond acceptors (Lipinski definition) is 18. The van der Waals surface area contributed by atoms with Crippen LogP contribution in [0.3, 0.4) is 0 Å². The zero-order valence-electron chi connectivity index (χ0n) is 29.2. The second kappa shape index (κ2) is 13.5. The first kappa shape index (κ1) is 34.0. The Labute approximate surface area is 339 Å². The molecule has 0 amide bonds. The van der Waals surface area contributed by atoms with Crippen LogP contribution in [0.5, 0.6) is 46.0 Å². The summed E-state index contributed by atoms with van der Waals surface area (Å²) in [6.45, 7) is 8.02. The van der Waals surface area contributed by atoms with Gasteiger partial charge in [-0.2, -0.15) is 0 Å². The molecule has 0 bridgehead atoms. The standard InChI is InChI=1S/C37H32O12S6/c1-15-17-19(41-5-4-39-17)30(51-15)31-22-23(45-9-8-44-22)34(53-31)35-26-27(49-13-12-48-26)37(55-35)36-25-24(46-10-11-47-25)33(54-36)32-21-20(42-6-7-43-21)29(52-32)28-18-16(14-50-28)38-2-3-40-18/h14-15,17,21,32H,2-13H2,1H3. The highest BCUT2D eigenvalue weighted by molar-refractivity contribution is 8.09. The molecule has 0 aromatic carbocycles. The molecule has 0 saturated carbocycles. The Morgan fingerprint density at radius 3 is 1.58 bits per heavy atom. The Bertz CT molecular complexity index is 2280. The van der Waals surface area contributed by atoms with Crippen molar-refractivity contribution in [3.05, 3.63) is 31.5 Å². The van der Waals surface area contributed by atoms with E-state index in [1.54, 1.807) is 68.9 Å². The molecular weight excluding hydrogens is 829 g/mol. The third kappa shape index (κ3) is 5.27. The molecule has 4 aromatic heterocycles. The molecule has 0 N–H and O–H groups in total. The molecule has 12 heterocycles. The average molecular weight is 861 g/mol. The van der Waals surface area contributed by atoms with E-state index in [9.17, 15) is 0 Å². The lowest BCUT2D eigenvalue weighted by Crippen LogP contribution is -2.30. The second-order valence-electron chi connectivity index (χ2n) is 13.4. The molecule has 0 spiro atoms. The fourth-order valence-corrected chi connectivity index (χ4v) is 15.8. The summed E-state index contributed by atoms with van der Waals surface area (Å²) in [5.41, 5.74) is 0. The molecule has 4 unspecified atom stereocenters. The Morgan fingerprint density at radius 2 is 0.909 bits per heavy atom. The van der Waals surface area contributed by atoms with Gasteiger partial charge in [0.05, 0.1) is 62.4 Å². The van der Waals surface area contributed by atoms with Gasteiger partial charge in [0.1, 0.15) is 89.8 Å². The zero-order chi connectivity index (χ0) is 36.2. The maximum absolute atomic E-state index is 6.49. The molecular formula is C37H32O12S6. The van der Waals surface area contributed by atoms with Crippen molar-refractivity contribution < 1.29 is 56.8 Å². The third-order valence-corrected chi connectivity index (χ3v) is 18.0. The van der Waals surface area contributed by atoms with Crippen molar-refractivity contribution in [2.24, 2.45) is 0 Å². The molecule has 2 fully saturated rings. The maximum atomic E-state index is 6.49. The summed E-state index contributed by atoms with van der Waals surface area (Å²) in [4.78, 5) is 8.82. The Morgan fingerprint density at radius 1 is 0.436 bits per heavy atom. The van der Waals surface area contributed by atoms with Crippen LogP contribution in [0.2, 0.25) is 0 Å². The summed E-state index contributed by atoms with van der Waals surface area (Å²) in [5.74, 6) is 7.58. The fraction of sp³-hybridized carbons (Fsp3) is 0.459. The van der Waals surface area contributed by atoms with Crippen LogP contribution in [0.4, 0.5) is 0 Å². The number of fused-ring (bicyclic) bond motifs is 6. The van der Waals surface area contributed by atoms with E-state index in [4.69, 9.17) is 56.8 Å². The van der Waals surface area contributed by atoms with Gasteiger partial charge in [-0.25, -0.2) is 0 Å². The summed E-state index contributed by atoms with van der Waals surface area (Å²) in [5, 5.41) is 2.09. The van der Waals surface area contributed by atoms with Gasteiger partial charge in [0.25, 0.3) is 0 Å². The summed E-state index contributed by atoms with van der Waals surface area (Å²) in [6.07, 6.45) is -0.384. The van der Waals surface area contributed by atoms with Crippen LogP contribution in [-0.4, -0.2) is 96.7 Å². The SMILES string of the molecule is CC1SC(c2sc(-c3sc(-c4sc(C5SC(c6scc7c6OCCO7)=C6OCCOC65)c5c4OCCO5)c4c3OCCO4)c3c2OCCO3)=C2OCCOC21. The monoisotopic (exact) mass is 860 g/mol. The van der Waals surface area contributed by atoms with Crippen molar-refractivity contribution in [3.8, 4) is 65.5 Å². The third-order valence-electron chi connectivity index (χ3n) is 10.1. The lowest BCUT2D eigenvalue weighted by molar-refractivity contribution is -0.0391. The van der Waals surface area contributed by atoms with Crippen molar-refractivity contribution in [3.63, 3.8) is 0 Å². The lowest BCUT2D eigenvalue weighted by atomic mass is 10.1. The van der Waals surface area contributed by atoms with E-state index < -0.39 is 0 Å². The van der Waals surface area contributed by atoms with Gasteiger partial charge in [0.2, 0.25) is 0 Å². The zero-order valence-corrected chi connectivity index (χ0v) is 34.1. The molecule has 12 nitrogen and oxygen atoms in total. The van der Waals surface area contributed by atoms with Gasteiger partial charge in [-0.05, 0) is 6.92 Å². The molecule has 2 saturated heterocycles. The van der Waals surface area contributed by atoms with Crippen LogP contribution in [0, 0.1) is 0 Å². The van der Waals surface area contributed by atoms with Gasteiger partial charge in [-0.1, -0.05) is 0 Å². The first-order chi connectivity index (χ1) is 27.2. The van der Waals surface area contributed by atoms with Crippen molar-refractivity contribution in [1.29, 1.82) is 0 Å². The molecule has 4 aromatic rings. The lowest BCUT2D eigenvalue weighted by Gasteiger charge is -2.27. The number of hydrogen-bond donors (Lipinski definition) is 0. The van der Waals surface area contributed by atoms with E-state index in [1.807, 2.05) is 5.38 Å². The van der Waals surface area contributed by atoms with Crippen molar-refractivity contribution in [1.82, 2.24) is 0 Å². The molecule has 4 atom stereocenters. The summed E-state index contributed by atoms with van der Waals surface area (Å²) >= 11 is 10.0. The first-order valence-corrected chi connectivity index (χ1v) is 23.3. The maximum Gasteiger partial charge on any atom is 0.181 e. The van der Waals surface area contributed by atoms with Crippen molar-refractivity contribution in [2.45, 2.75) is 29.6 Å². The van der Waals surface area contributed by atoms with Crippen LogP contribution < -0.4 is 37.9 Å². The van der Waals surface area contributed by atoms with Gasteiger partial charge in [-0.15, -0.1) is 68.9 Å². The molecule has 12 rings (SSSR count). The van der Waals surface area contributed by atoms with Gasteiger partial charge in [0, 0.05) is 10.6 Å². The molecule has 288 valence electrons. The molecule has 8 aliphatic heterocycles. The van der Waals surface area contributed by atoms with E-state index in [2.05, 4.69) is 6.92 Å². The van der Waals surface area contributed by atoms with E-state index in [1.165, 1.54) is 0 Å². The number of thioether (sulfide) groups is 2. The van der Waals surface area contributed by atoms with Crippen molar-refractivity contribution >= 4 is 78.7 Å². The van der Waals surface area contributed by atoms with E-state index in [0.29, 0.717) is 96.5 Å². The number of thiophene rings is 4. The minimum absolute atomic E-state index is 0.0808. The first-order valence-electron chi connectivity index (χ1n) is 18.2. The van der Waals surface area contributed by atoms with Crippen LogP contribution in [-0.2, 0) is 18.9 Å². The van der Waals surface area contributed by atoms with Crippen LogP contribution in [0.15, 0.2) is 16.9 Å². The molecule has 18 heteroatoms. The Kier molecular flexibility index (Phi) is 8.34. The number of ether oxygens (including phenoxy) is 12. The van der Waals surface area contributed by atoms with E-state index in [0.717, 1.165) is 84.2 Å². The predicted molar refractivity (Wildman–Crippen MR) is 212 cm³/mol. The molecule has 0 radical (unpaired) electrons. The smallest absolute Gasteiger partial charge is 0.181 e. The van der Waals surface area contributed by atoms with Gasteiger partial charge >= 0.3 is 0 Å². The quantitative estimate of drug-likeness (QED) is 0.193. The average Bonchev–Trinajstić information content (AvgIpc) is 4.09. The number of rotatable bonds is 5. The largest absolute Gasteiger partial charge is 0.491 e. The molecule has 55 heavy (non-hydrogen) atoms. The normalized spacial score (nSPS) is 26.1. The van der Waals surface area contributed by atoms with Gasteiger partial charge < -0.3 is 56.8 Å². The summed E-state index contributed by atoms with van der Waals surface area (Å²) in [6, 6.07) is 0. The highest BCUT2D eigenvalue weighted by Crippen LogP contribution is 2.67. The Hall–Kier alpha value is -3.10. The summed E-state index contributed by atoms with van der Waals surface area (Å²) < 4.78 is 75.9. The highest BCUT2D eigenvalue weighted by Gasteiger charge is 2.48. The van der Waals surface area contributed by atoms with E-state index in [-0.39, 0.29) is 22.7 Å². The van der Waals surface area contributed by atoms with Gasteiger partial charge in [0.15, 0.2) is 46.0 Å². The molecule has 8 aliphatic rings. The predicted octanol–water partition coefficient (Wildman–Crippen LogP) is 8.14. The fourth-order valence-electron chi connectivity index (χ4n) is 7.83. The van der Waals surface area contributed by atoms with Crippen LogP contribution in [0.25, 0.3) is 29.3 Å². The minimum atomic E-state index is -0.303. The topological polar surface area (TPSA) is 111 Å². The highest BCUT2D eigenvalue weighted by atomic mass is 32.2. The molecule has 0 aliphatic carbocycles. The van der Waals surface area contributed by atoms with Crippen LogP contribution in [0.1, 0.15) is 26.8 Å². The van der Waals surface area contributed by atoms with E-state index >= 15 is 0 Å². The second-order valence-corrected chi connectivity index (χ2v) is 19.9. The summed E-state index contributed by atoms with van der Waals surface area (Å²) in [7, 11) is 0. The van der Waals surface area contributed by atoms with Crippen molar-refractivity contribution in [2.75, 3.05) is 79.3 Å². The minimum Gasteiger partial charge on any atom is -0.491 e. The van der Waals surface area contributed by atoms with Gasteiger partial charge in [-0.3, -0.25) is 0 Å².